The minimum absolute atomic E-state index is 0.0415. The van der Waals surface area contributed by atoms with Crippen LogP contribution in [0.2, 0.25) is 0 Å². The lowest BCUT2D eigenvalue weighted by molar-refractivity contribution is -0.295. The van der Waals surface area contributed by atoms with Crippen LogP contribution in [-0.4, -0.2) is 25.6 Å². The van der Waals surface area contributed by atoms with Crippen molar-refractivity contribution in [3.8, 4) is 17.2 Å². The Bertz CT molecular complexity index is 836. The molecule has 0 spiro atoms. The van der Waals surface area contributed by atoms with E-state index >= 15 is 0 Å². The molecule has 0 aliphatic heterocycles. The zero-order valence-corrected chi connectivity index (χ0v) is 13.8. The number of para-hydroxylation sites is 1. The number of carbonyl (C=O) groups is 1. The van der Waals surface area contributed by atoms with Gasteiger partial charge in [0.05, 0.1) is 19.3 Å². The summed E-state index contributed by atoms with van der Waals surface area (Å²) < 4.78 is 64.8. The van der Waals surface area contributed by atoms with Gasteiger partial charge < -0.3 is 24.1 Å². The predicted molar refractivity (Wildman–Crippen MR) is 84.5 cm³/mol. The number of ether oxygens (including phenoxy) is 3. The van der Waals surface area contributed by atoms with Gasteiger partial charge in [-0.1, -0.05) is 24.3 Å². The van der Waals surface area contributed by atoms with E-state index in [0.717, 1.165) is 18.4 Å². The lowest BCUT2D eigenvalue weighted by Gasteiger charge is -2.18. The normalized spacial score (nSPS) is 12.0. The van der Waals surface area contributed by atoms with Crippen molar-refractivity contribution in [1.29, 1.82) is 0 Å². The van der Waals surface area contributed by atoms with E-state index in [9.17, 15) is 27.5 Å². The van der Waals surface area contributed by atoms with Crippen LogP contribution in [-0.2, 0) is 9.53 Å². The molecule has 0 radical (unpaired) electrons. The molecule has 0 saturated heterocycles. The first kappa shape index (κ1) is 20.1. The Morgan fingerprint density at radius 1 is 1.11 bits per heavy atom. The Kier molecular flexibility index (Phi) is 6.27. The van der Waals surface area contributed by atoms with Crippen LogP contribution in [0.4, 0.5) is 17.6 Å². The molecule has 0 fully saturated rings. The molecule has 0 atom stereocenters. The van der Waals surface area contributed by atoms with Crippen molar-refractivity contribution in [2.45, 2.75) is 12.5 Å². The highest BCUT2D eigenvalue weighted by Gasteiger charge is 2.44. The summed E-state index contributed by atoms with van der Waals surface area (Å²) in [4.78, 5) is 11.3. The lowest BCUT2D eigenvalue weighted by Crippen LogP contribution is -2.33. The molecule has 0 aromatic heterocycles. The maximum absolute atomic E-state index is 13.0. The SMILES string of the molecule is COC=C(C(=O)[O-])c1ccccc1Oc1cccc(OC(F)(F)C(F)F)c1. The topological polar surface area (TPSA) is 67.8 Å². The number of benzene rings is 2. The third-order valence-electron chi connectivity index (χ3n) is 3.17. The molecule has 0 saturated carbocycles. The third kappa shape index (κ3) is 5.13. The van der Waals surface area contributed by atoms with Gasteiger partial charge in [-0.2, -0.15) is 17.6 Å². The predicted octanol–water partition coefficient (Wildman–Crippen LogP) is 3.45. The zero-order chi connectivity index (χ0) is 20.0. The van der Waals surface area contributed by atoms with Crippen LogP contribution in [0.1, 0.15) is 5.56 Å². The highest BCUT2D eigenvalue weighted by Crippen LogP contribution is 2.33. The molecule has 0 unspecified atom stereocenters. The second kappa shape index (κ2) is 8.43. The van der Waals surface area contributed by atoms with Crippen molar-refractivity contribution < 1.29 is 41.7 Å². The van der Waals surface area contributed by atoms with Gasteiger partial charge in [-0.05, 0) is 18.2 Å². The first-order valence-corrected chi connectivity index (χ1v) is 7.41. The minimum Gasteiger partial charge on any atom is -0.545 e. The van der Waals surface area contributed by atoms with Gasteiger partial charge in [0.2, 0.25) is 0 Å². The maximum Gasteiger partial charge on any atom is 0.461 e. The molecule has 5 nitrogen and oxygen atoms in total. The minimum atomic E-state index is -4.67. The van der Waals surface area contributed by atoms with Gasteiger partial charge in [-0.3, -0.25) is 0 Å². The van der Waals surface area contributed by atoms with Crippen molar-refractivity contribution >= 4 is 11.5 Å². The van der Waals surface area contributed by atoms with Crippen LogP contribution in [0.15, 0.2) is 54.8 Å². The van der Waals surface area contributed by atoms with E-state index in [2.05, 4.69) is 4.74 Å². The van der Waals surface area contributed by atoms with Crippen molar-refractivity contribution in [1.82, 2.24) is 0 Å². The summed E-state index contributed by atoms with van der Waals surface area (Å²) >= 11 is 0. The number of carboxylic acid groups (broad SMARTS) is 1. The quantitative estimate of drug-likeness (QED) is 0.396. The second-order valence-corrected chi connectivity index (χ2v) is 5.09. The Morgan fingerprint density at radius 2 is 1.78 bits per heavy atom. The van der Waals surface area contributed by atoms with Gasteiger partial charge >= 0.3 is 12.5 Å². The number of hydrogen-bond donors (Lipinski definition) is 0. The monoisotopic (exact) mass is 385 g/mol. The van der Waals surface area contributed by atoms with E-state index in [1.807, 2.05) is 0 Å². The summed E-state index contributed by atoms with van der Waals surface area (Å²) in [6.07, 6.45) is -7.73. The van der Waals surface area contributed by atoms with Crippen LogP contribution in [0.25, 0.3) is 5.57 Å². The standard InChI is InChI=1S/C18H14F4O5/c1-25-10-14(16(23)24)13-7-2-3-8-15(13)26-11-5-4-6-12(9-11)27-18(21,22)17(19)20/h2-10,17H,1H3,(H,23,24)/p-1. The molecule has 9 heteroatoms. The summed E-state index contributed by atoms with van der Waals surface area (Å²) in [5, 5.41) is 11.3. The van der Waals surface area contributed by atoms with Gasteiger partial charge in [-0.25, -0.2) is 0 Å². The first-order valence-electron chi connectivity index (χ1n) is 7.41. The van der Waals surface area contributed by atoms with Gasteiger partial charge in [-0.15, -0.1) is 0 Å². The highest BCUT2D eigenvalue weighted by atomic mass is 19.3. The Labute approximate surface area is 151 Å². The van der Waals surface area contributed by atoms with Crippen LogP contribution < -0.4 is 14.6 Å². The molecular formula is C18H13F4O5-. The molecule has 0 heterocycles. The second-order valence-electron chi connectivity index (χ2n) is 5.09. The Hall–Kier alpha value is -3.23. The van der Waals surface area contributed by atoms with Gasteiger partial charge in [0.1, 0.15) is 17.2 Å². The summed E-state index contributed by atoms with van der Waals surface area (Å²) in [7, 11) is 1.25. The molecular weight excluding hydrogens is 372 g/mol. The fraction of sp³-hybridized carbons (Fsp3) is 0.167. The third-order valence-corrected chi connectivity index (χ3v) is 3.17. The smallest absolute Gasteiger partial charge is 0.461 e. The van der Waals surface area contributed by atoms with E-state index in [1.165, 1.54) is 37.4 Å². The van der Waals surface area contributed by atoms with Crippen LogP contribution in [0.3, 0.4) is 0 Å². The number of carbonyl (C=O) groups excluding carboxylic acids is 1. The molecule has 0 amide bonds. The summed E-state index contributed by atoms with van der Waals surface area (Å²) in [6.45, 7) is 0. The summed E-state index contributed by atoms with van der Waals surface area (Å²) in [5.41, 5.74) is -0.215. The molecule has 0 aliphatic carbocycles. The zero-order valence-electron chi connectivity index (χ0n) is 13.8. The molecule has 0 aliphatic rings. The summed E-state index contributed by atoms with van der Waals surface area (Å²) in [6, 6.07) is 10.5. The molecule has 2 aromatic rings. The van der Waals surface area contributed by atoms with Crippen molar-refractivity contribution in [3.05, 3.63) is 60.4 Å². The fourth-order valence-corrected chi connectivity index (χ4v) is 2.05. The average Bonchev–Trinajstić information content (AvgIpc) is 2.60. The molecule has 2 aromatic carbocycles. The van der Waals surface area contributed by atoms with Crippen molar-refractivity contribution in [2.24, 2.45) is 0 Å². The number of hydrogen-bond acceptors (Lipinski definition) is 5. The van der Waals surface area contributed by atoms with Crippen molar-refractivity contribution in [2.75, 3.05) is 7.11 Å². The van der Waals surface area contributed by atoms with Crippen LogP contribution in [0.5, 0.6) is 17.2 Å². The van der Waals surface area contributed by atoms with Crippen molar-refractivity contribution in [3.63, 3.8) is 0 Å². The number of aliphatic carboxylic acids is 1. The molecule has 144 valence electrons. The van der Waals surface area contributed by atoms with E-state index in [-0.39, 0.29) is 22.6 Å². The average molecular weight is 385 g/mol. The van der Waals surface area contributed by atoms with Gasteiger partial charge in [0, 0.05) is 17.2 Å². The first-order chi connectivity index (χ1) is 12.7. The van der Waals surface area contributed by atoms with E-state index in [0.29, 0.717) is 0 Å². The number of rotatable bonds is 8. The number of halogens is 4. The van der Waals surface area contributed by atoms with Gasteiger partial charge in [0.15, 0.2) is 0 Å². The van der Waals surface area contributed by atoms with E-state index < -0.39 is 24.3 Å². The van der Waals surface area contributed by atoms with E-state index in [1.54, 1.807) is 6.07 Å². The van der Waals surface area contributed by atoms with E-state index in [4.69, 9.17) is 9.47 Å². The number of methoxy groups -OCH3 is 1. The Balaban J connectivity index is 2.32. The largest absolute Gasteiger partial charge is 0.545 e. The number of carboxylic acids is 1. The fourth-order valence-electron chi connectivity index (χ4n) is 2.05. The highest BCUT2D eigenvalue weighted by molar-refractivity contribution is 6.14. The molecule has 0 N–H and O–H groups in total. The Morgan fingerprint density at radius 3 is 2.41 bits per heavy atom. The summed E-state index contributed by atoms with van der Waals surface area (Å²) in [5.74, 6) is -2.08. The lowest BCUT2D eigenvalue weighted by atomic mass is 10.1. The van der Waals surface area contributed by atoms with Crippen LogP contribution >= 0.6 is 0 Å². The maximum atomic E-state index is 13.0. The van der Waals surface area contributed by atoms with Gasteiger partial charge in [0.25, 0.3) is 0 Å². The molecule has 0 bridgehead atoms. The molecule has 27 heavy (non-hydrogen) atoms. The molecule has 2 rings (SSSR count). The number of alkyl halides is 4. The van der Waals surface area contributed by atoms with Crippen LogP contribution in [0, 0.1) is 0 Å².